The summed E-state index contributed by atoms with van der Waals surface area (Å²) in [6.45, 7) is 2.00. The summed E-state index contributed by atoms with van der Waals surface area (Å²) in [7, 11) is 2.03. The first-order chi connectivity index (χ1) is 9.15. The average Bonchev–Trinajstić information content (AvgIpc) is 3.06. The number of nitro benzene ring substituents is 1. The minimum Gasteiger partial charge on any atom is -0.347 e. The lowest BCUT2D eigenvalue weighted by molar-refractivity contribution is -0.384. The van der Waals surface area contributed by atoms with Crippen LogP contribution in [0.1, 0.15) is 6.42 Å². The molecule has 3 rings (SSSR count). The van der Waals surface area contributed by atoms with Gasteiger partial charge < -0.3 is 10.2 Å². The average molecular weight is 315 g/mol. The van der Waals surface area contributed by atoms with Gasteiger partial charge in [0.25, 0.3) is 5.69 Å². The number of aromatic nitrogens is 1. The first kappa shape index (κ1) is 15.0. The fourth-order valence-electron chi connectivity index (χ4n) is 2.29. The van der Waals surface area contributed by atoms with Crippen LogP contribution in [0, 0.1) is 10.1 Å². The summed E-state index contributed by atoms with van der Waals surface area (Å²) >= 11 is 1.58. The van der Waals surface area contributed by atoms with Gasteiger partial charge in [0.15, 0.2) is 5.13 Å². The first-order valence-corrected chi connectivity index (χ1v) is 6.95. The Morgan fingerprint density at radius 2 is 2.35 bits per heavy atom. The van der Waals surface area contributed by atoms with Gasteiger partial charge in [-0.2, -0.15) is 0 Å². The number of fused-ring (bicyclic) bond motifs is 1. The van der Waals surface area contributed by atoms with Crippen LogP contribution in [0.5, 0.6) is 0 Å². The lowest BCUT2D eigenvalue weighted by Gasteiger charge is -2.22. The maximum atomic E-state index is 10.8. The minimum absolute atomic E-state index is 0. The van der Waals surface area contributed by atoms with Gasteiger partial charge in [-0.05, 0) is 19.0 Å². The molecule has 0 radical (unpaired) electrons. The molecule has 1 aliphatic rings. The fourth-order valence-corrected chi connectivity index (χ4v) is 3.27. The molecular formula is C12H15ClN4O2S. The molecule has 1 N–H and O–H groups in total. The number of rotatable bonds is 3. The first-order valence-electron chi connectivity index (χ1n) is 6.13. The molecule has 1 aliphatic heterocycles. The van der Waals surface area contributed by atoms with Gasteiger partial charge in [0.05, 0.1) is 15.1 Å². The lowest BCUT2D eigenvalue weighted by atomic mass is 10.2. The van der Waals surface area contributed by atoms with E-state index in [1.807, 2.05) is 7.05 Å². The molecule has 0 bridgehead atoms. The molecule has 1 aromatic carbocycles. The van der Waals surface area contributed by atoms with Crippen molar-refractivity contribution in [3.05, 3.63) is 28.3 Å². The molecule has 1 saturated heterocycles. The molecule has 0 spiro atoms. The van der Waals surface area contributed by atoms with Crippen molar-refractivity contribution in [3.63, 3.8) is 0 Å². The smallest absolute Gasteiger partial charge is 0.271 e. The van der Waals surface area contributed by atoms with E-state index in [9.17, 15) is 10.1 Å². The molecule has 108 valence electrons. The molecule has 0 amide bonds. The molecule has 8 heteroatoms. The van der Waals surface area contributed by atoms with E-state index in [0.717, 1.165) is 29.3 Å². The molecule has 1 atom stereocenters. The summed E-state index contributed by atoms with van der Waals surface area (Å²) in [5.41, 5.74) is 0.793. The van der Waals surface area contributed by atoms with E-state index in [1.165, 1.54) is 12.1 Å². The summed E-state index contributed by atoms with van der Waals surface area (Å²) in [6.07, 6.45) is 1.10. The summed E-state index contributed by atoms with van der Waals surface area (Å²) in [5.74, 6) is 0. The molecule has 2 aromatic rings. The molecular weight excluding hydrogens is 300 g/mol. The van der Waals surface area contributed by atoms with E-state index < -0.39 is 0 Å². The highest BCUT2D eigenvalue weighted by molar-refractivity contribution is 7.22. The number of anilines is 1. The number of nitrogens with zero attached hydrogens (tertiary/aromatic N) is 3. The van der Waals surface area contributed by atoms with Crippen molar-refractivity contribution in [2.24, 2.45) is 0 Å². The van der Waals surface area contributed by atoms with Crippen molar-refractivity contribution in [1.82, 2.24) is 10.3 Å². The quantitative estimate of drug-likeness (QED) is 0.696. The monoisotopic (exact) mass is 314 g/mol. The van der Waals surface area contributed by atoms with Crippen LogP contribution in [0.2, 0.25) is 0 Å². The van der Waals surface area contributed by atoms with Crippen LogP contribution in [0.25, 0.3) is 10.2 Å². The van der Waals surface area contributed by atoms with E-state index in [-0.39, 0.29) is 23.0 Å². The second-order valence-electron chi connectivity index (χ2n) is 4.66. The van der Waals surface area contributed by atoms with Gasteiger partial charge in [0.1, 0.15) is 0 Å². The minimum atomic E-state index is -0.386. The number of nitrogens with one attached hydrogen (secondary N) is 1. The second kappa shape index (κ2) is 5.90. The molecule has 6 nitrogen and oxygen atoms in total. The van der Waals surface area contributed by atoms with Crippen molar-refractivity contribution < 1.29 is 4.92 Å². The highest BCUT2D eigenvalue weighted by Crippen LogP contribution is 2.31. The Kier molecular flexibility index (Phi) is 4.42. The van der Waals surface area contributed by atoms with Gasteiger partial charge in [-0.1, -0.05) is 11.3 Å². The highest BCUT2D eigenvalue weighted by Gasteiger charge is 2.22. The van der Waals surface area contributed by atoms with Crippen molar-refractivity contribution in [1.29, 1.82) is 0 Å². The Balaban J connectivity index is 0.00000147. The predicted molar refractivity (Wildman–Crippen MR) is 83.2 cm³/mol. The van der Waals surface area contributed by atoms with Crippen LogP contribution in [0.3, 0.4) is 0 Å². The highest BCUT2D eigenvalue weighted by atomic mass is 35.5. The van der Waals surface area contributed by atoms with Crippen molar-refractivity contribution in [2.75, 3.05) is 25.0 Å². The molecule has 1 aromatic heterocycles. The maximum Gasteiger partial charge on any atom is 0.271 e. The van der Waals surface area contributed by atoms with Gasteiger partial charge in [-0.25, -0.2) is 4.98 Å². The largest absolute Gasteiger partial charge is 0.347 e. The van der Waals surface area contributed by atoms with Crippen LogP contribution < -0.4 is 10.2 Å². The van der Waals surface area contributed by atoms with Gasteiger partial charge in [0, 0.05) is 31.8 Å². The molecule has 1 fully saturated rings. The van der Waals surface area contributed by atoms with E-state index in [4.69, 9.17) is 0 Å². The molecule has 0 aliphatic carbocycles. The molecule has 1 unspecified atom stereocenters. The van der Waals surface area contributed by atoms with Gasteiger partial charge in [-0.15, -0.1) is 12.4 Å². The lowest BCUT2D eigenvalue weighted by Crippen LogP contribution is -2.33. The van der Waals surface area contributed by atoms with Crippen molar-refractivity contribution in [3.8, 4) is 0 Å². The Morgan fingerprint density at radius 1 is 1.55 bits per heavy atom. The Hall–Kier alpha value is -1.44. The van der Waals surface area contributed by atoms with Crippen molar-refractivity contribution in [2.45, 2.75) is 12.5 Å². The maximum absolute atomic E-state index is 10.8. The third-order valence-electron chi connectivity index (χ3n) is 3.45. The number of thiazole rings is 1. The standard InChI is InChI=1S/C12H14N4O2S.ClH/c1-15(9-4-5-13-7-9)12-14-10-6-8(16(17)18)2-3-11(10)19-12;/h2-3,6,9,13H,4-5,7H2,1H3;1H. The predicted octanol–water partition coefficient (Wildman–Crippen LogP) is 2.42. The van der Waals surface area contributed by atoms with Crippen LogP contribution in [0.4, 0.5) is 10.8 Å². The van der Waals surface area contributed by atoms with Crippen LogP contribution in [-0.2, 0) is 0 Å². The van der Waals surface area contributed by atoms with Gasteiger partial charge in [0.2, 0.25) is 0 Å². The number of halogens is 1. The van der Waals surface area contributed by atoms with E-state index in [1.54, 1.807) is 17.4 Å². The molecule has 0 saturated carbocycles. The van der Waals surface area contributed by atoms with Crippen LogP contribution in [-0.4, -0.2) is 36.1 Å². The molecule has 20 heavy (non-hydrogen) atoms. The SMILES string of the molecule is CN(c1nc2cc([N+](=O)[O-])ccc2s1)C1CCNC1.Cl. The van der Waals surface area contributed by atoms with E-state index >= 15 is 0 Å². The summed E-state index contributed by atoms with van der Waals surface area (Å²) in [5, 5.41) is 15.0. The Bertz CT molecular complexity index is 627. The summed E-state index contributed by atoms with van der Waals surface area (Å²) in [6, 6.07) is 5.29. The molecule has 2 heterocycles. The van der Waals surface area contributed by atoms with Crippen LogP contribution >= 0.6 is 23.7 Å². The van der Waals surface area contributed by atoms with Gasteiger partial charge >= 0.3 is 0 Å². The topological polar surface area (TPSA) is 71.3 Å². The number of hydrogen-bond acceptors (Lipinski definition) is 6. The zero-order valence-corrected chi connectivity index (χ0v) is 12.5. The third-order valence-corrected chi connectivity index (χ3v) is 4.58. The second-order valence-corrected chi connectivity index (χ2v) is 5.67. The van der Waals surface area contributed by atoms with E-state index in [0.29, 0.717) is 11.6 Å². The fraction of sp³-hybridized carbons (Fsp3) is 0.417. The number of nitro groups is 1. The normalized spacial score (nSPS) is 17.9. The zero-order valence-electron chi connectivity index (χ0n) is 10.9. The van der Waals surface area contributed by atoms with Gasteiger partial charge in [-0.3, -0.25) is 10.1 Å². The summed E-state index contributed by atoms with van der Waals surface area (Å²) < 4.78 is 0.985. The number of benzene rings is 1. The summed E-state index contributed by atoms with van der Waals surface area (Å²) in [4.78, 5) is 17.0. The van der Waals surface area contributed by atoms with E-state index in [2.05, 4.69) is 15.2 Å². The number of hydrogen-bond donors (Lipinski definition) is 1. The van der Waals surface area contributed by atoms with Crippen LogP contribution in [0.15, 0.2) is 18.2 Å². The Morgan fingerprint density at radius 3 is 3.00 bits per heavy atom. The number of non-ortho nitro benzene ring substituents is 1. The Labute approximate surface area is 126 Å². The zero-order chi connectivity index (χ0) is 13.4. The third kappa shape index (κ3) is 2.70. The van der Waals surface area contributed by atoms with Crippen molar-refractivity contribution >= 4 is 44.8 Å². The number of likely N-dealkylation sites (N-methyl/N-ethyl adjacent to an activating group) is 1.